The molecule has 4 aromatic rings. The number of rotatable bonds is 4. The van der Waals surface area contributed by atoms with Crippen molar-refractivity contribution >= 4 is 0 Å². The first-order valence-electron chi connectivity index (χ1n) is 10.4. The fraction of sp³-hybridized carbons (Fsp3) is 0.179. The zero-order valence-corrected chi connectivity index (χ0v) is 16.4. The normalized spacial score (nSPS) is 24.4. The van der Waals surface area contributed by atoms with Crippen LogP contribution in [-0.2, 0) is 10.8 Å². The number of pyridine rings is 1. The molecule has 0 amide bonds. The van der Waals surface area contributed by atoms with Gasteiger partial charge in [0, 0.05) is 11.8 Å². The molecule has 3 saturated carbocycles. The van der Waals surface area contributed by atoms with Crippen molar-refractivity contribution in [3.05, 3.63) is 114 Å². The number of hydrogen-bond acceptors (Lipinski definition) is 1. The van der Waals surface area contributed by atoms with Crippen molar-refractivity contribution < 1.29 is 0 Å². The van der Waals surface area contributed by atoms with Crippen LogP contribution in [-0.4, -0.2) is 4.98 Å². The van der Waals surface area contributed by atoms with E-state index in [1.165, 1.54) is 41.5 Å². The molecule has 1 heteroatoms. The van der Waals surface area contributed by atoms with Crippen LogP contribution in [0.1, 0.15) is 30.4 Å². The second-order valence-corrected chi connectivity index (χ2v) is 8.83. The SMILES string of the molecule is c1ccc(C23CC(c4ccc(-c5cccc(-c6ccccn6)c5)cc4)(C2)C3)cc1. The molecule has 0 N–H and O–H groups in total. The minimum absolute atomic E-state index is 0.421. The Morgan fingerprint density at radius 1 is 0.517 bits per heavy atom. The van der Waals surface area contributed by atoms with E-state index in [2.05, 4.69) is 89.9 Å². The van der Waals surface area contributed by atoms with Gasteiger partial charge in [0.05, 0.1) is 5.69 Å². The molecule has 0 radical (unpaired) electrons. The van der Waals surface area contributed by atoms with Crippen molar-refractivity contribution in [2.75, 3.05) is 0 Å². The summed E-state index contributed by atoms with van der Waals surface area (Å²) < 4.78 is 0. The molecule has 2 bridgehead atoms. The van der Waals surface area contributed by atoms with E-state index in [-0.39, 0.29) is 0 Å². The molecule has 3 fully saturated rings. The molecule has 3 aromatic carbocycles. The van der Waals surface area contributed by atoms with Crippen molar-refractivity contribution in [2.24, 2.45) is 0 Å². The van der Waals surface area contributed by atoms with Crippen LogP contribution >= 0.6 is 0 Å². The van der Waals surface area contributed by atoms with Crippen molar-refractivity contribution in [3.8, 4) is 22.4 Å². The maximum atomic E-state index is 4.49. The van der Waals surface area contributed by atoms with E-state index in [0.717, 1.165) is 11.3 Å². The van der Waals surface area contributed by atoms with Gasteiger partial charge in [-0.1, -0.05) is 78.9 Å². The van der Waals surface area contributed by atoms with Gasteiger partial charge in [0.1, 0.15) is 0 Å². The van der Waals surface area contributed by atoms with Crippen LogP contribution in [0.4, 0.5) is 0 Å². The van der Waals surface area contributed by atoms with Crippen molar-refractivity contribution in [1.29, 1.82) is 0 Å². The summed E-state index contributed by atoms with van der Waals surface area (Å²) in [6.45, 7) is 0. The second-order valence-electron chi connectivity index (χ2n) is 8.83. The minimum Gasteiger partial charge on any atom is -0.256 e. The Morgan fingerprint density at radius 3 is 1.86 bits per heavy atom. The quantitative estimate of drug-likeness (QED) is 0.384. The van der Waals surface area contributed by atoms with Gasteiger partial charge in [-0.3, -0.25) is 4.98 Å². The van der Waals surface area contributed by atoms with E-state index in [1.54, 1.807) is 0 Å². The summed E-state index contributed by atoms with van der Waals surface area (Å²) in [6.07, 6.45) is 5.76. The number of benzene rings is 3. The van der Waals surface area contributed by atoms with E-state index in [1.807, 2.05) is 18.3 Å². The maximum absolute atomic E-state index is 4.49. The van der Waals surface area contributed by atoms with E-state index in [4.69, 9.17) is 0 Å². The summed E-state index contributed by atoms with van der Waals surface area (Å²) in [7, 11) is 0. The monoisotopic (exact) mass is 373 g/mol. The Morgan fingerprint density at radius 2 is 1.17 bits per heavy atom. The van der Waals surface area contributed by atoms with E-state index in [0.29, 0.717) is 10.8 Å². The summed E-state index contributed by atoms with van der Waals surface area (Å²) in [5.41, 5.74) is 8.63. The predicted molar refractivity (Wildman–Crippen MR) is 119 cm³/mol. The Labute approximate surface area is 172 Å². The van der Waals surface area contributed by atoms with Crippen LogP contribution < -0.4 is 0 Å². The number of nitrogens with zero attached hydrogens (tertiary/aromatic N) is 1. The van der Waals surface area contributed by atoms with Crippen molar-refractivity contribution in [1.82, 2.24) is 4.98 Å². The molecule has 0 atom stereocenters. The van der Waals surface area contributed by atoms with Gasteiger partial charge in [0.2, 0.25) is 0 Å². The fourth-order valence-corrected chi connectivity index (χ4v) is 5.60. The highest BCUT2D eigenvalue weighted by Gasteiger charge is 2.68. The zero-order chi connectivity index (χ0) is 19.3. The van der Waals surface area contributed by atoms with Crippen LogP contribution in [0.5, 0.6) is 0 Å². The third-order valence-corrected chi connectivity index (χ3v) is 7.07. The van der Waals surface area contributed by atoms with Crippen LogP contribution in [0.2, 0.25) is 0 Å². The van der Waals surface area contributed by atoms with Crippen LogP contribution in [0, 0.1) is 0 Å². The Balaban J connectivity index is 1.23. The highest BCUT2D eigenvalue weighted by atomic mass is 14.7. The summed E-state index contributed by atoms with van der Waals surface area (Å²) in [4.78, 5) is 4.49. The van der Waals surface area contributed by atoms with Crippen LogP contribution in [0.15, 0.2) is 103 Å². The Kier molecular flexibility index (Phi) is 3.55. The van der Waals surface area contributed by atoms with Crippen molar-refractivity contribution in [3.63, 3.8) is 0 Å². The minimum atomic E-state index is 0.421. The highest BCUT2D eigenvalue weighted by molar-refractivity contribution is 5.71. The Hall–Kier alpha value is -3.19. The molecule has 0 aliphatic heterocycles. The molecular weight excluding hydrogens is 350 g/mol. The topological polar surface area (TPSA) is 12.9 Å². The third-order valence-electron chi connectivity index (χ3n) is 7.07. The molecular formula is C28H23N. The standard InChI is InChI=1S/C28H23N/c1-2-9-24(10-3-1)27-18-28(19-27,20-27)25-14-12-21(13-15-25)22-7-6-8-23(17-22)26-11-4-5-16-29-26/h1-17H,18-20H2. The van der Waals surface area contributed by atoms with Gasteiger partial charge in [-0.15, -0.1) is 0 Å². The molecule has 0 saturated heterocycles. The summed E-state index contributed by atoms with van der Waals surface area (Å²) in [6, 6.07) is 35.1. The first-order chi connectivity index (χ1) is 14.3. The lowest BCUT2D eigenvalue weighted by molar-refractivity contribution is -0.0692. The molecule has 3 aliphatic carbocycles. The molecule has 1 nitrogen and oxygen atoms in total. The zero-order valence-electron chi connectivity index (χ0n) is 16.4. The average Bonchev–Trinajstić information content (AvgIpc) is 2.74. The largest absolute Gasteiger partial charge is 0.256 e. The van der Waals surface area contributed by atoms with Gasteiger partial charge in [0.25, 0.3) is 0 Å². The third kappa shape index (κ3) is 2.57. The van der Waals surface area contributed by atoms with E-state index >= 15 is 0 Å². The van der Waals surface area contributed by atoms with Gasteiger partial charge in [-0.05, 0) is 70.5 Å². The smallest absolute Gasteiger partial charge is 0.0702 e. The number of aromatic nitrogens is 1. The molecule has 7 rings (SSSR count). The molecule has 0 unspecified atom stereocenters. The molecule has 1 heterocycles. The molecule has 3 aliphatic rings. The maximum Gasteiger partial charge on any atom is 0.0702 e. The second kappa shape index (κ2) is 6.15. The summed E-state index contributed by atoms with van der Waals surface area (Å²) >= 11 is 0. The lowest BCUT2D eigenvalue weighted by Crippen LogP contribution is -2.67. The lowest BCUT2D eigenvalue weighted by Gasteiger charge is -2.71. The van der Waals surface area contributed by atoms with Crippen LogP contribution in [0.25, 0.3) is 22.4 Å². The highest BCUT2D eigenvalue weighted by Crippen LogP contribution is 2.73. The molecule has 140 valence electrons. The van der Waals surface area contributed by atoms with Gasteiger partial charge in [0.15, 0.2) is 0 Å². The first-order valence-corrected chi connectivity index (χ1v) is 10.4. The Bertz CT molecular complexity index is 1140. The van der Waals surface area contributed by atoms with Crippen LogP contribution in [0.3, 0.4) is 0 Å². The van der Waals surface area contributed by atoms with E-state index in [9.17, 15) is 0 Å². The number of hydrogen-bond donors (Lipinski definition) is 0. The molecule has 29 heavy (non-hydrogen) atoms. The van der Waals surface area contributed by atoms with Crippen molar-refractivity contribution in [2.45, 2.75) is 30.1 Å². The van der Waals surface area contributed by atoms with Gasteiger partial charge in [-0.2, -0.15) is 0 Å². The van der Waals surface area contributed by atoms with Gasteiger partial charge < -0.3 is 0 Å². The first kappa shape index (κ1) is 16.7. The van der Waals surface area contributed by atoms with Gasteiger partial charge in [-0.25, -0.2) is 0 Å². The molecule has 1 aromatic heterocycles. The summed E-state index contributed by atoms with van der Waals surface area (Å²) in [5, 5.41) is 0. The molecule has 0 spiro atoms. The van der Waals surface area contributed by atoms with Gasteiger partial charge >= 0.3 is 0 Å². The predicted octanol–water partition coefficient (Wildman–Crippen LogP) is 6.79. The average molecular weight is 373 g/mol. The summed E-state index contributed by atoms with van der Waals surface area (Å²) in [5.74, 6) is 0. The fourth-order valence-electron chi connectivity index (χ4n) is 5.60. The van der Waals surface area contributed by atoms with E-state index < -0.39 is 0 Å². The lowest BCUT2D eigenvalue weighted by atomic mass is 9.32.